The van der Waals surface area contributed by atoms with Crippen LogP contribution in [0.25, 0.3) is 10.6 Å². The van der Waals surface area contributed by atoms with Crippen LogP contribution in [0.1, 0.15) is 24.1 Å². The van der Waals surface area contributed by atoms with Gasteiger partial charge < -0.3 is 10.2 Å². The number of nitrogens with two attached hydrogens (primary N) is 1. The molecule has 2 aromatic carbocycles. The fourth-order valence-electron chi connectivity index (χ4n) is 3.76. The molecule has 0 amide bonds. The van der Waals surface area contributed by atoms with E-state index in [1.54, 1.807) is 16.2 Å². The topological polar surface area (TPSA) is 33.9 Å². The van der Waals surface area contributed by atoms with Crippen LogP contribution in [0.5, 0.6) is 0 Å². The average Bonchev–Trinajstić information content (AvgIpc) is 3.18. The van der Waals surface area contributed by atoms with E-state index in [4.69, 9.17) is 16.6 Å². The van der Waals surface area contributed by atoms with Gasteiger partial charge in [-0.3, -0.25) is 0 Å². The summed E-state index contributed by atoms with van der Waals surface area (Å²) in [6.45, 7) is 4.67. The summed E-state index contributed by atoms with van der Waals surface area (Å²) in [5.74, 6) is 0. The van der Waals surface area contributed by atoms with Crippen molar-refractivity contribution in [2.75, 3.05) is 13.1 Å². The lowest BCUT2D eigenvalue weighted by Gasteiger charge is -2.28. The molecule has 0 bridgehead atoms. The van der Waals surface area contributed by atoms with Gasteiger partial charge in [-0.2, -0.15) is 0 Å². The second-order valence-electron chi connectivity index (χ2n) is 7.34. The summed E-state index contributed by atoms with van der Waals surface area (Å²) in [4.78, 5) is 6.52. The van der Waals surface area contributed by atoms with Gasteiger partial charge in [-0.25, -0.2) is 4.98 Å². The molecule has 3 nitrogen and oxygen atoms in total. The van der Waals surface area contributed by atoms with Crippen molar-refractivity contribution in [1.82, 2.24) is 4.98 Å². The Labute approximate surface area is 170 Å². The Bertz CT molecular complexity index is 840. The van der Waals surface area contributed by atoms with Gasteiger partial charge in [0.15, 0.2) is 0 Å². The molecule has 2 heterocycles. The Morgan fingerprint density at radius 2 is 1.78 bits per heavy atom. The van der Waals surface area contributed by atoms with E-state index in [9.17, 15) is 0 Å². The van der Waals surface area contributed by atoms with E-state index in [0.717, 1.165) is 34.7 Å². The monoisotopic (exact) mass is 399 g/mol. The highest BCUT2D eigenvalue weighted by Gasteiger charge is 2.24. The Balaban J connectivity index is 1.24. The van der Waals surface area contributed by atoms with Crippen molar-refractivity contribution in [3.8, 4) is 10.6 Å². The van der Waals surface area contributed by atoms with Crippen LogP contribution >= 0.6 is 22.9 Å². The molecular weight excluding hydrogens is 374 g/mol. The second kappa shape index (κ2) is 8.98. The highest BCUT2D eigenvalue weighted by atomic mass is 35.5. The first kappa shape index (κ1) is 18.6. The molecule has 0 radical (unpaired) electrons. The SMILES string of the molecule is Clc1ccc(-c2nc(C[NH2+]C3CC[NH+](Cc4ccccc4)CC3)cs2)cc1. The van der Waals surface area contributed by atoms with Crippen molar-refractivity contribution in [3.05, 3.63) is 76.3 Å². The summed E-state index contributed by atoms with van der Waals surface area (Å²) in [5, 5.41) is 6.53. The maximum Gasteiger partial charge on any atom is 0.123 e. The lowest BCUT2D eigenvalue weighted by Crippen LogP contribution is -3.13. The Morgan fingerprint density at radius 1 is 1.04 bits per heavy atom. The zero-order valence-corrected chi connectivity index (χ0v) is 17.0. The van der Waals surface area contributed by atoms with Crippen LogP contribution in [0.2, 0.25) is 5.02 Å². The Hall–Kier alpha value is -1.72. The smallest absolute Gasteiger partial charge is 0.123 e. The van der Waals surface area contributed by atoms with E-state index in [1.807, 2.05) is 24.3 Å². The van der Waals surface area contributed by atoms with Gasteiger partial charge in [0.2, 0.25) is 0 Å². The van der Waals surface area contributed by atoms with Crippen LogP contribution in [0.15, 0.2) is 60.0 Å². The number of quaternary nitrogens is 2. The minimum atomic E-state index is 0.727. The molecule has 5 heteroatoms. The molecule has 0 unspecified atom stereocenters. The number of aromatic nitrogens is 1. The first-order valence-corrected chi connectivity index (χ1v) is 10.9. The standard InChI is InChI=1S/C22H24ClN3S/c23-19-8-6-18(7-9-19)22-25-21(16-27-22)14-24-20-10-12-26(13-11-20)15-17-4-2-1-3-5-17/h1-9,16,20,24H,10-15H2/p+2. The van der Waals surface area contributed by atoms with E-state index in [2.05, 4.69) is 41.0 Å². The Morgan fingerprint density at radius 3 is 2.52 bits per heavy atom. The molecule has 1 aromatic heterocycles. The number of halogens is 1. The van der Waals surface area contributed by atoms with E-state index in [1.165, 1.54) is 37.2 Å². The minimum Gasteiger partial charge on any atom is -0.338 e. The van der Waals surface area contributed by atoms with Crippen molar-refractivity contribution in [2.24, 2.45) is 0 Å². The number of thiazole rings is 1. The van der Waals surface area contributed by atoms with Crippen LogP contribution in [0.4, 0.5) is 0 Å². The molecule has 1 aliphatic rings. The highest BCUT2D eigenvalue weighted by molar-refractivity contribution is 7.13. The number of hydrogen-bond donors (Lipinski definition) is 2. The summed E-state index contributed by atoms with van der Waals surface area (Å²) in [5.41, 5.74) is 3.78. The number of hydrogen-bond acceptors (Lipinski definition) is 2. The van der Waals surface area contributed by atoms with Crippen molar-refractivity contribution in [3.63, 3.8) is 0 Å². The molecule has 0 aliphatic carbocycles. The zero-order valence-electron chi connectivity index (χ0n) is 15.4. The Kier molecular flexibility index (Phi) is 6.20. The van der Waals surface area contributed by atoms with Crippen molar-refractivity contribution >= 4 is 22.9 Å². The van der Waals surface area contributed by atoms with Crippen LogP contribution in [-0.4, -0.2) is 24.1 Å². The molecule has 0 atom stereocenters. The number of nitrogens with one attached hydrogen (secondary N) is 1. The summed E-state index contributed by atoms with van der Waals surface area (Å²) < 4.78 is 0. The normalized spacial score (nSPS) is 19.9. The van der Waals surface area contributed by atoms with Crippen LogP contribution in [0.3, 0.4) is 0 Å². The number of nitrogens with zero attached hydrogens (tertiary/aromatic N) is 1. The summed E-state index contributed by atoms with van der Waals surface area (Å²) >= 11 is 7.69. The van der Waals surface area contributed by atoms with Gasteiger partial charge in [0.05, 0.1) is 19.1 Å². The maximum atomic E-state index is 5.97. The first-order valence-electron chi connectivity index (χ1n) is 9.67. The zero-order chi connectivity index (χ0) is 18.5. The summed E-state index contributed by atoms with van der Waals surface area (Å²) in [6.07, 6.45) is 2.58. The van der Waals surface area contributed by atoms with Gasteiger partial charge >= 0.3 is 0 Å². The fraction of sp³-hybridized carbons (Fsp3) is 0.318. The van der Waals surface area contributed by atoms with Gasteiger partial charge in [-0.1, -0.05) is 54.1 Å². The number of benzene rings is 2. The van der Waals surface area contributed by atoms with E-state index in [0.29, 0.717) is 0 Å². The van der Waals surface area contributed by atoms with Gasteiger partial charge in [0.1, 0.15) is 23.8 Å². The summed E-state index contributed by atoms with van der Waals surface area (Å²) in [6, 6.07) is 19.5. The van der Waals surface area contributed by atoms with Crippen LogP contribution < -0.4 is 10.2 Å². The van der Waals surface area contributed by atoms with Crippen LogP contribution in [0, 0.1) is 0 Å². The molecule has 1 saturated heterocycles. The number of likely N-dealkylation sites (tertiary alicyclic amines) is 1. The third-order valence-corrected chi connectivity index (χ3v) is 6.53. The lowest BCUT2D eigenvalue weighted by atomic mass is 10.0. The average molecular weight is 400 g/mol. The molecule has 1 aliphatic heterocycles. The lowest BCUT2D eigenvalue weighted by molar-refractivity contribution is -0.926. The van der Waals surface area contributed by atoms with Gasteiger partial charge in [0.25, 0.3) is 0 Å². The first-order chi connectivity index (χ1) is 13.3. The number of piperidine rings is 1. The second-order valence-corrected chi connectivity index (χ2v) is 8.64. The molecule has 140 valence electrons. The molecule has 3 N–H and O–H groups in total. The largest absolute Gasteiger partial charge is 0.338 e. The molecule has 3 aromatic rings. The third kappa shape index (κ3) is 5.17. The molecule has 4 rings (SSSR count). The molecule has 0 saturated carbocycles. The van der Waals surface area contributed by atoms with Gasteiger partial charge in [-0.05, 0) is 12.1 Å². The summed E-state index contributed by atoms with van der Waals surface area (Å²) in [7, 11) is 0. The van der Waals surface area contributed by atoms with E-state index >= 15 is 0 Å². The van der Waals surface area contributed by atoms with Gasteiger partial charge in [0, 0.05) is 34.4 Å². The quantitative estimate of drug-likeness (QED) is 0.656. The third-order valence-electron chi connectivity index (χ3n) is 5.34. The van der Waals surface area contributed by atoms with Gasteiger partial charge in [-0.15, -0.1) is 11.3 Å². The molecular formula is C22H26ClN3S+2. The van der Waals surface area contributed by atoms with Crippen LogP contribution in [-0.2, 0) is 13.1 Å². The fourth-order valence-corrected chi connectivity index (χ4v) is 4.72. The van der Waals surface area contributed by atoms with E-state index in [-0.39, 0.29) is 0 Å². The molecule has 27 heavy (non-hydrogen) atoms. The predicted octanol–water partition coefficient (Wildman–Crippen LogP) is 2.77. The number of rotatable bonds is 6. The van der Waals surface area contributed by atoms with E-state index < -0.39 is 0 Å². The maximum absolute atomic E-state index is 5.97. The van der Waals surface area contributed by atoms with Crippen molar-refractivity contribution < 1.29 is 10.2 Å². The molecule has 0 spiro atoms. The minimum absolute atomic E-state index is 0.727. The predicted molar refractivity (Wildman–Crippen MR) is 112 cm³/mol. The van der Waals surface area contributed by atoms with Crippen molar-refractivity contribution in [2.45, 2.75) is 32.0 Å². The molecule has 1 fully saturated rings. The highest BCUT2D eigenvalue weighted by Crippen LogP contribution is 2.24. The van der Waals surface area contributed by atoms with Crippen molar-refractivity contribution in [1.29, 1.82) is 0 Å².